The number of rotatable bonds is 3. The standard InChI is InChI=1S/C14H16N4O2S/c1-9(13-11-4-7-21-12(11)3-6-20-13)17-14(19)18-10-2-5-15-16-8-10/h2,4-5,7-9,13H,3,6H2,1H3,(H2,15,17,18,19)/t9-,13+/m0/s1. The zero-order chi connectivity index (χ0) is 14.7. The van der Waals surface area contributed by atoms with Gasteiger partial charge >= 0.3 is 6.03 Å². The van der Waals surface area contributed by atoms with Crippen LogP contribution in [0.1, 0.15) is 23.5 Å². The summed E-state index contributed by atoms with van der Waals surface area (Å²) in [6.07, 6.45) is 3.88. The van der Waals surface area contributed by atoms with E-state index in [2.05, 4.69) is 32.3 Å². The second-order valence-corrected chi connectivity index (χ2v) is 5.86. The number of hydrogen-bond donors (Lipinski definition) is 2. The Morgan fingerprint density at radius 3 is 3.19 bits per heavy atom. The number of amides is 2. The van der Waals surface area contributed by atoms with E-state index in [1.165, 1.54) is 22.8 Å². The molecule has 3 rings (SSSR count). The molecule has 1 aliphatic heterocycles. The van der Waals surface area contributed by atoms with Crippen LogP contribution in [-0.4, -0.2) is 28.9 Å². The van der Waals surface area contributed by atoms with Crippen LogP contribution in [0, 0.1) is 0 Å². The minimum absolute atomic E-state index is 0.0960. The van der Waals surface area contributed by atoms with Gasteiger partial charge in [-0.1, -0.05) is 0 Å². The van der Waals surface area contributed by atoms with Gasteiger partial charge in [0.25, 0.3) is 0 Å². The molecule has 0 radical (unpaired) electrons. The van der Waals surface area contributed by atoms with Crippen LogP contribution >= 0.6 is 11.3 Å². The smallest absolute Gasteiger partial charge is 0.319 e. The van der Waals surface area contributed by atoms with Crippen molar-refractivity contribution in [3.63, 3.8) is 0 Å². The number of carbonyl (C=O) groups is 1. The predicted octanol–water partition coefficient (Wildman–Crippen LogP) is 2.36. The van der Waals surface area contributed by atoms with Crippen molar-refractivity contribution < 1.29 is 9.53 Å². The van der Waals surface area contributed by atoms with Crippen molar-refractivity contribution in [1.29, 1.82) is 0 Å². The number of aromatic nitrogens is 2. The minimum Gasteiger partial charge on any atom is -0.371 e. The molecule has 0 bridgehead atoms. The molecular formula is C14H16N4O2S. The Kier molecular flexibility index (Phi) is 4.12. The van der Waals surface area contributed by atoms with E-state index in [1.54, 1.807) is 17.4 Å². The molecule has 21 heavy (non-hydrogen) atoms. The molecule has 2 N–H and O–H groups in total. The van der Waals surface area contributed by atoms with E-state index in [1.807, 2.05) is 6.92 Å². The second-order valence-electron chi connectivity index (χ2n) is 4.86. The average molecular weight is 304 g/mol. The lowest BCUT2D eigenvalue weighted by Crippen LogP contribution is -2.41. The third kappa shape index (κ3) is 3.20. The lowest BCUT2D eigenvalue weighted by Gasteiger charge is -2.29. The Hall–Kier alpha value is -1.99. The normalized spacial score (nSPS) is 18.6. The van der Waals surface area contributed by atoms with Crippen molar-refractivity contribution in [2.45, 2.75) is 25.5 Å². The van der Waals surface area contributed by atoms with Gasteiger partial charge in [0.15, 0.2) is 0 Å². The van der Waals surface area contributed by atoms with E-state index in [9.17, 15) is 4.79 Å². The van der Waals surface area contributed by atoms with Crippen LogP contribution in [0.5, 0.6) is 0 Å². The van der Waals surface area contributed by atoms with Crippen molar-refractivity contribution >= 4 is 23.1 Å². The van der Waals surface area contributed by atoms with Crippen molar-refractivity contribution in [2.24, 2.45) is 0 Å². The number of nitrogens with one attached hydrogen (secondary N) is 2. The summed E-state index contributed by atoms with van der Waals surface area (Å²) in [6, 6.07) is 3.37. The van der Waals surface area contributed by atoms with Gasteiger partial charge in [0, 0.05) is 11.3 Å². The minimum atomic E-state index is -0.276. The van der Waals surface area contributed by atoms with Crippen molar-refractivity contribution in [1.82, 2.24) is 15.5 Å². The number of anilines is 1. The number of thiophene rings is 1. The maximum Gasteiger partial charge on any atom is 0.319 e. The predicted molar refractivity (Wildman–Crippen MR) is 80.4 cm³/mol. The number of ether oxygens (including phenoxy) is 1. The molecule has 2 atom stereocenters. The Morgan fingerprint density at radius 2 is 2.38 bits per heavy atom. The van der Waals surface area contributed by atoms with Crippen molar-refractivity contribution in [3.05, 3.63) is 40.3 Å². The maximum atomic E-state index is 12.0. The van der Waals surface area contributed by atoms with Crippen LogP contribution in [0.2, 0.25) is 0 Å². The third-order valence-corrected chi connectivity index (χ3v) is 4.36. The fraction of sp³-hybridized carbons (Fsp3) is 0.357. The van der Waals surface area contributed by atoms with Gasteiger partial charge in [0.2, 0.25) is 0 Å². The molecular weight excluding hydrogens is 288 g/mol. The van der Waals surface area contributed by atoms with E-state index in [0.29, 0.717) is 12.3 Å². The van der Waals surface area contributed by atoms with Gasteiger partial charge in [0.1, 0.15) is 6.10 Å². The highest BCUT2D eigenvalue weighted by atomic mass is 32.1. The van der Waals surface area contributed by atoms with Crippen LogP contribution in [0.25, 0.3) is 0 Å². The highest BCUT2D eigenvalue weighted by Gasteiger charge is 2.27. The zero-order valence-electron chi connectivity index (χ0n) is 11.6. The van der Waals surface area contributed by atoms with Gasteiger partial charge in [0.05, 0.1) is 30.7 Å². The number of nitrogens with zero attached hydrogens (tertiary/aromatic N) is 2. The molecule has 1 aliphatic rings. The number of urea groups is 1. The Labute approximate surface area is 126 Å². The van der Waals surface area contributed by atoms with Crippen LogP contribution in [0.15, 0.2) is 29.9 Å². The molecule has 0 saturated heterocycles. The summed E-state index contributed by atoms with van der Waals surface area (Å²) < 4.78 is 5.82. The van der Waals surface area contributed by atoms with E-state index >= 15 is 0 Å². The van der Waals surface area contributed by atoms with Crippen LogP contribution < -0.4 is 10.6 Å². The van der Waals surface area contributed by atoms with Gasteiger partial charge in [-0.25, -0.2) is 4.79 Å². The Morgan fingerprint density at radius 1 is 1.48 bits per heavy atom. The van der Waals surface area contributed by atoms with Crippen molar-refractivity contribution in [3.8, 4) is 0 Å². The highest BCUT2D eigenvalue weighted by Crippen LogP contribution is 2.33. The fourth-order valence-corrected chi connectivity index (χ4v) is 3.30. The summed E-state index contributed by atoms with van der Waals surface area (Å²) in [4.78, 5) is 13.3. The van der Waals surface area contributed by atoms with Crippen LogP contribution in [-0.2, 0) is 11.2 Å². The monoisotopic (exact) mass is 304 g/mol. The quantitative estimate of drug-likeness (QED) is 0.912. The first-order valence-electron chi connectivity index (χ1n) is 6.76. The molecule has 6 nitrogen and oxygen atoms in total. The van der Waals surface area contributed by atoms with E-state index in [0.717, 1.165) is 6.42 Å². The van der Waals surface area contributed by atoms with Crippen LogP contribution in [0.3, 0.4) is 0 Å². The summed E-state index contributed by atoms with van der Waals surface area (Å²) in [7, 11) is 0. The summed E-state index contributed by atoms with van der Waals surface area (Å²) in [5, 5.41) is 15.1. The number of hydrogen-bond acceptors (Lipinski definition) is 5. The first-order chi connectivity index (χ1) is 10.2. The Bertz CT molecular complexity index is 616. The lowest BCUT2D eigenvalue weighted by molar-refractivity contribution is 0.0238. The zero-order valence-corrected chi connectivity index (χ0v) is 12.4. The fourth-order valence-electron chi connectivity index (χ4n) is 2.40. The molecule has 7 heteroatoms. The first kappa shape index (κ1) is 14.0. The maximum absolute atomic E-state index is 12.0. The summed E-state index contributed by atoms with van der Waals surface area (Å²) >= 11 is 1.74. The molecule has 0 fully saturated rings. The third-order valence-electron chi connectivity index (χ3n) is 3.37. The van der Waals surface area contributed by atoms with Crippen LogP contribution in [0.4, 0.5) is 10.5 Å². The number of fused-ring (bicyclic) bond motifs is 1. The molecule has 2 amide bonds. The molecule has 3 heterocycles. The first-order valence-corrected chi connectivity index (χ1v) is 7.64. The van der Waals surface area contributed by atoms with E-state index in [-0.39, 0.29) is 18.2 Å². The molecule has 0 unspecified atom stereocenters. The highest BCUT2D eigenvalue weighted by molar-refractivity contribution is 7.10. The number of carbonyl (C=O) groups excluding carboxylic acids is 1. The molecule has 2 aromatic heterocycles. The average Bonchev–Trinajstić information content (AvgIpc) is 2.96. The van der Waals surface area contributed by atoms with Crippen molar-refractivity contribution in [2.75, 3.05) is 11.9 Å². The molecule has 0 saturated carbocycles. The molecule has 110 valence electrons. The largest absolute Gasteiger partial charge is 0.371 e. The summed E-state index contributed by atoms with van der Waals surface area (Å²) in [6.45, 7) is 2.64. The molecule has 2 aromatic rings. The van der Waals surface area contributed by atoms with Gasteiger partial charge in [-0.05, 0) is 30.0 Å². The summed E-state index contributed by atoms with van der Waals surface area (Å²) in [5.74, 6) is 0. The van der Waals surface area contributed by atoms with E-state index < -0.39 is 0 Å². The second kappa shape index (κ2) is 6.19. The molecule has 0 aromatic carbocycles. The van der Waals surface area contributed by atoms with Gasteiger partial charge in [-0.2, -0.15) is 10.2 Å². The van der Waals surface area contributed by atoms with Gasteiger partial charge in [-0.15, -0.1) is 11.3 Å². The summed E-state index contributed by atoms with van der Waals surface area (Å²) in [5.41, 5.74) is 1.79. The van der Waals surface area contributed by atoms with Gasteiger partial charge < -0.3 is 15.4 Å². The molecule has 0 spiro atoms. The van der Waals surface area contributed by atoms with Gasteiger partial charge in [-0.3, -0.25) is 0 Å². The molecule has 0 aliphatic carbocycles. The lowest BCUT2D eigenvalue weighted by atomic mass is 10.0. The Balaban J connectivity index is 1.62. The SMILES string of the molecule is C[C@H](NC(=O)Nc1ccnnc1)[C@H]1OCCc2sccc21. The topological polar surface area (TPSA) is 76.1 Å². The van der Waals surface area contributed by atoms with E-state index in [4.69, 9.17) is 4.74 Å².